The van der Waals surface area contributed by atoms with Gasteiger partial charge in [-0.25, -0.2) is 10.8 Å². The first-order valence-electron chi connectivity index (χ1n) is 5.84. The van der Waals surface area contributed by atoms with Crippen molar-refractivity contribution in [2.24, 2.45) is 5.84 Å². The van der Waals surface area contributed by atoms with Gasteiger partial charge in [-0.3, -0.25) is 15.1 Å². The lowest BCUT2D eigenvalue weighted by Crippen LogP contribution is -2.29. The highest BCUT2D eigenvalue weighted by Crippen LogP contribution is 2.10. The van der Waals surface area contributed by atoms with Gasteiger partial charge in [-0.05, 0) is 24.7 Å². The van der Waals surface area contributed by atoms with Crippen molar-refractivity contribution in [3.63, 3.8) is 0 Å². The molecule has 0 aliphatic heterocycles. The molecule has 1 aromatic heterocycles. The minimum Gasteiger partial charge on any atom is -0.296 e. The van der Waals surface area contributed by atoms with Crippen LogP contribution in [0.2, 0.25) is 0 Å². The molecule has 0 atom stereocenters. The number of aromatic nitrogens is 1. The second kappa shape index (κ2) is 6.42. The summed E-state index contributed by atoms with van der Waals surface area (Å²) in [6.45, 7) is 1.62. The lowest BCUT2D eigenvalue weighted by molar-refractivity contribution is 0.0953. The molecule has 2 aromatic rings. The molecule has 1 aromatic carbocycles. The Kier molecular flexibility index (Phi) is 4.62. The van der Waals surface area contributed by atoms with Crippen molar-refractivity contribution in [1.82, 2.24) is 15.3 Å². The van der Waals surface area contributed by atoms with Crippen LogP contribution in [0.15, 0.2) is 35.2 Å². The van der Waals surface area contributed by atoms with E-state index in [9.17, 15) is 4.79 Å². The van der Waals surface area contributed by atoms with Gasteiger partial charge >= 0.3 is 0 Å². The second-order valence-corrected chi connectivity index (χ2v) is 5.04. The lowest BCUT2D eigenvalue weighted by Gasteiger charge is -2.15. The molecule has 0 bridgehead atoms. The van der Waals surface area contributed by atoms with Crippen molar-refractivity contribution in [2.75, 3.05) is 7.05 Å². The van der Waals surface area contributed by atoms with Crippen LogP contribution in [0.5, 0.6) is 0 Å². The number of nitrogens with two attached hydrogens (primary N) is 1. The van der Waals surface area contributed by atoms with E-state index in [0.29, 0.717) is 5.56 Å². The van der Waals surface area contributed by atoms with Gasteiger partial charge in [-0.15, -0.1) is 11.3 Å². The predicted molar refractivity (Wildman–Crippen MR) is 75.4 cm³/mol. The third-order valence-corrected chi connectivity index (χ3v) is 3.35. The number of rotatable bonds is 5. The molecule has 0 radical (unpaired) electrons. The van der Waals surface area contributed by atoms with Crippen molar-refractivity contribution in [3.8, 4) is 0 Å². The first-order chi connectivity index (χ1) is 9.19. The molecule has 19 heavy (non-hydrogen) atoms. The van der Waals surface area contributed by atoms with E-state index >= 15 is 0 Å². The normalized spacial score (nSPS) is 10.7. The summed E-state index contributed by atoms with van der Waals surface area (Å²) in [5.74, 6) is 4.81. The van der Waals surface area contributed by atoms with Gasteiger partial charge in [-0.1, -0.05) is 12.1 Å². The summed E-state index contributed by atoms with van der Waals surface area (Å²) < 4.78 is 0. The van der Waals surface area contributed by atoms with E-state index in [-0.39, 0.29) is 5.91 Å². The largest absolute Gasteiger partial charge is 0.296 e. The molecule has 1 heterocycles. The Morgan fingerprint density at radius 3 is 2.68 bits per heavy atom. The second-order valence-electron chi connectivity index (χ2n) is 4.32. The van der Waals surface area contributed by atoms with Crippen molar-refractivity contribution >= 4 is 17.2 Å². The zero-order chi connectivity index (χ0) is 13.7. The van der Waals surface area contributed by atoms with Crippen LogP contribution in [0.4, 0.5) is 0 Å². The number of hydrogen-bond donors (Lipinski definition) is 2. The van der Waals surface area contributed by atoms with Crippen LogP contribution in [0.1, 0.15) is 21.6 Å². The maximum atomic E-state index is 11.3. The molecule has 0 spiro atoms. The summed E-state index contributed by atoms with van der Waals surface area (Å²) in [7, 11) is 2.04. The van der Waals surface area contributed by atoms with E-state index in [1.165, 1.54) is 0 Å². The zero-order valence-electron chi connectivity index (χ0n) is 10.7. The van der Waals surface area contributed by atoms with Crippen LogP contribution >= 0.6 is 11.3 Å². The number of hydrazine groups is 1. The smallest absolute Gasteiger partial charge is 0.265 e. The fraction of sp³-hybridized carbons (Fsp3) is 0.231. The highest BCUT2D eigenvalue weighted by molar-refractivity contribution is 7.07. The van der Waals surface area contributed by atoms with E-state index in [0.717, 1.165) is 24.3 Å². The topological polar surface area (TPSA) is 71.2 Å². The van der Waals surface area contributed by atoms with Crippen LogP contribution < -0.4 is 11.3 Å². The lowest BCUT2D eigenvalue weighted by atomic mass is 10.1. The Morgan fingerprint density at radius 2 is 2.11 bits per heavy atom. The van der Waals surface area contributed by atoms with Crippen LogP contribution in [0.3, 0.4) is 0 Å². The molecule has 100 valence electrons. The maximum Gasteiger partial charge on any atom is 0.265 e. The molecule has 0 aliphatic rings. The first-order valence-corrected chi connectivity index (χ1v) is 6.79. The van der Waals surface area contributed by atoms with E-state index in [1.807, 2.05) is 30.1 Å². The fourth-order valence-electron chi connectivity index (χ4n) is 1.80. The summed E-state index contributed by atoms with van der Waals surface area (Å²) >= 11 is 1.60. The van der Waals surface area contributed by atoms with Crippen molar-refractivity contribution < 1.29 is 4.79 Å². The van der Waals surface area contributed by atoms with Gasteiger partial charge in [0, 0.05) is 24.0 Å². The Hall–Kier alpha value is -1.76. The van der Waals surface area contributed by atoms with Gasteiger partial charge in [-0.2, -0.15) is 0 Å². The summed E-state index contributed by atoms with van der Waals surface area (Å²) in [6.07, 6.45) is 0. The number of thiazole rings is 1. The summed E-state index contributed by atoms with van der Waals surface area (Å²) in [4.78, 5) is 17.7. The zero-order valence-corrected chi connectivity index (χ0v) is 11.5. The third kappa shape index (κ3) is 3.85. The quantitative estimate of drug-likeness (QED) is 0.492. The highest BCUT2D eigenvalue weighted by atomic mass is 32.1. The number of carbonyl (C=O) groups is 1. The first kappa shape index (κ1) is 13.7. The molecule has 0 saturated heterocycles. The SMILES string of the molecule is CN(Cc1ccc(C(=O)NN)cc1)Cc1cscn1. The highest BCUT2D eigenvalue weighted by Gasteiger charge is 2.05. The van der Waals surface area contributed by atoms with E-state index < -0.39 is 0 Å². The van der Waals surface area contributed by atoms with E-state index in [4.69, 9.17) is 5.84 Å². The monoisotopic (exact) mass is 276 g/mol. The molecule has 1 amide bonds. The molecule has 5 nitrogen and oxygen atoms in total. The van der Waals surface area contributed by atoms with Gasteiger partial charge in [0.2, 0.25) is 0 Å². The van der Waals surface area contributed by atoms with Crippen LogP contribution in [-0.4, -0.2) is 22.8 Å². The van der Waals surface area contributed by atoms with Crippen LogP contribution in [0, 0.1) is 0 Å². The number of amides is 1. The maximum absolute atomic E-state index is 11.3. The summed E-state index contributed by atoms with van der Waals surface area (Å²) in [5, 5.41) is 2.05. The molecule has 0 unspecified atom stereocenters. The average Bonchev–Trinajstić information content (AvgIpc) is 2.91. The molecule has 3 N–H and O–H groups in total. The third-order valence-electron chi connectivity index (χ3n) is 2.72. The molecule has 6 heteroatoms. The molecule has 0 fully saturated rings. The Labute approximate surface area is 116 Å². The molecule has 2 rings (SSSR count). The van der Waals surface area contributed by atoms with Gasteiger partial charge in [0.15, 0.2) is 0 Å². The molecule has 0 aliphatic carbocycles. The Balaban J connectivity index is 1.93. The van der Waals surface area contributed by atoms with Crippen LogP contribution in [-0.2, 0) is 13.1 Å². The number of benzene rings is 1. The minimum atomic E-state index is -0.276. The molecular weight excluding hydrogens is 260 g/mol. The van der Waals surface area contributed by atoms with Gasteiger partial charge < -0.3 is 0 Å². The Morgan fingerprint density at radius 1 is 1.37 bits per heavy atom. The number of nitrogens with one attached hydrogen (secondary N) is 1. The van der Waals surface area contributed by atoms with Crippen molar-refractivity contribution in [3.05, 3.63) is 52.0 Å². The number of nitrogen functional groups attached to an aromatic ring is 1. The minimum absolute atomic E-state index is 0.276. The molecular formula is C13H16N4OS. The van der Waals surface area contributed by atoms with E-state index in [1.54, 1.807) is 23.5 Å². The molecule has 0 saturated carbocycles. The van der Waals surface area contributed by atoms with Crippen molar-refractivity contribution in [1.29, 1.82) is 0 Å². The summed E-state index contributed by atoms with van der Waals surface area (Å²) in [5.41, 5.74) is 6.74. The standard InChI is InChI=1S/C13H16N4OS/c1-17(7-12-8-19-9-15-12)6-10-2-4-11(5-3-10)13(18)16-14/h2-5,8-9H,6-7,14H2,1H3,(H,16,18). The van der Waals surface area contributed by atoms with Gasteiger partial charge in [0.1, 0.15) is 0 Å². The van der Waals surface area contributed by atoms with Crippen LogP contribution in [0.25, 0.3) is 0 Å². The number of hydrogen-bond acceptors (Lipinski definition) is 5. The van der Waals surface area contributed by atoms with E-state index in [2.05, 4.69) is 15.3 Å². The average molecular weight is 276 g/mol. The van der Waals surface area contributed by atoms with Crippen molar-refractivity contribution in [2.45, 2.75) is 13.1 Å². The van der Waals surface area contributed by atoms with Gasteiger partial charge in [0.25, 0.3) is 5.91 Å². The predicted octanol–water partition coefficient (Wildman–Crippen LogP) is 1.38. The number of nitrogens with zero attached hydrogens (tertiary/aromatic N) is 2. The summed E-state index contributed by atoms with van der Waals surface area (Å²) in [6, 6.07) is 7.41. The fourth-order valence-corrected chi connectivity index (χ4v) is 2.35. The number of carbonyl (C=O) groups excluding carboxylic acids is 1. The Bertz CT molecular complexity index is 524. The van der Waals surface area contributed by atoms with Gasteiger partial charge in [0.05, 0.1) is 11.2 Å².